The molecule has 3 atom stereocenters. The van der Waals surface area contributed by atoms with Gasteiger partial charge in [0, 0.05) is 43.3 Å². The normalized spacial score (nSPS) is 24.1. The van der Waals surface area contributed by atoms with E-state index in [0.29, 0.717) is 18.1 Å². The predicted octanol–water partition coefficient (Wildman–Crippen LogP) is 5.18. The molecular formula is C30H39N3O2. The first-order valence-corrected chi connectivity index (χ1v) is 13.3. The number of nitrogens with one attached hydrogen (secondary N) is 1. The lowest BCUT2D eigenvalue weighted by Crippen LogP contribution is -2.69. The van der Waals surface area contributed by atoms with Gasteiger partial charge in [-0.2, -0.15) is 0 Å². The number of piperazine rings is 1. The second-order valence-electron chi connectivity index (χ2n) is 10.5. The average Bonchev–Trinajstić information content (AvgIpc) is 3.16. The SMILES string of the molecule is C=CCN1CC2CC(C1)N2C(c1ccc(C(=O)NC2CCCCCC2)cc1)c1cccc(OC)c1. The smallest absolute Gasteiger partial charge is 0.251 e. The molecule has 3 saturated heterocycles. The van der Waals surface area contributed by atoms with Gasteiger partial charge in [-0.05, 0) is 54.7 Å². The van der Waals surface area contributed by atoms with E-state index < -0.39 is 0 Å². The van der Waals surface area contributed by atoms with Crippen LogP contribution in [0.5, 0.6) is 5.75 Å². The fraction of sp³-hybridized carbons (Fsp3) is 0.500. The summed E-state index contributed by atoms with van der Waals surface area (Å²) in [6.07, 6.45) is 10.5. The number of carbonyl (C=O) groups excluding carboxylic acids is 1. The Kier molecular flexibility index (Phi) is 7.54. The van der Waals surface area contributed by atoms with Gasteiger partial charge in [-0.15, -0.1) is 6.58 Å². The van der Waals surface area contributed by atoms with Crippen LogP contribution in [0.1, 0.15) is 72.5 Å². The van der Waals surface area contributed by atoms with Crippen LogP contribution in [0.3, 0.4) is 0 Å². The molecule has 0 aromatic heterocycles. The van der Waals surface area contributed by atoms with Crippen molar-refractivity contribution in [1.82, 2.24) is 15.1 Å². The molecule has 1 saturated carbocycles. The van der Waals surface area contributed by atoms with Gasteiger partial charge in [0.15, 0.2) is 0 Å². The lowest BCUT2D eigenvalue weighted by atomic mass is 9.81. The summed E-state index contributed by atoms with van der Waals surface area (Å²) in [7, 11) is 1.72. The molecule has 1 amide bonds. The molecule has 4 aliphatic rings. The molecule has 35 heavy (non-hydrogen) atoms. The van der Waals surface area contributed by atoms with Gasteiger partial charge in [0.2, 0.25) is 0 Å². The zero-order valence-corrected chi connectivity index (χ0v) is 21.0. The predicted molar refractivity (Wildman–Crippen MR) is 141 cm³/mol. The number of ether oxygens (including phenoxy) is 1. The molecule has 4 fully saturated rings. The first kappa shape index (κ1) is 24.1. The fourth-order valence-corrected chi connectivity index (χ4v) is 6.34. The summed E-state index contributed by atoms with van der Waals surface area (Å²) in [4.78, 5) is 18.1. The molecule has 5 nitrogen and oxygen atoms in total. The summed E-state index contributed by atoms with van der Waals surface area (Å²) in [5.74, 6) is 0.938. The number of hydrogen-bond donors (Lipinski definition) is 1. The molecule has 2 aromatic carbocycles. The molecule has 0 spiro atoms. The summed E-state index contributed by atoms with van der Waals surface area (Å²) >= 11 is 0. The third kappa shape index (κ3) is 5.31. The van der Waals surface area contributed by atoms with E-state index in [9.17, 15) is 4.79 Å². The summed E-state index contributed by atoms with van der Waals surface area (Å²) in [5, 5.41) is 3.29. The summed E-state index contributed by atoms with van der Waals surface area (Å²) in [6.45, 7) is 7.03. The zero-order chi connectivity index (χ0) is 24.2. The van der Waals surface area contributed by atoms with Crippen molar-refractivity contribution in [2.24, 2.45) is 0 Å². The van der Waals surface area contributed by atoms with Crippen molar-refractivity contribution in [1.29, 1.82) is 0 Å². The molecule has 6 rings (SSSR count). The number of benzene rings is 2. The van der Waals surface area contributed by atoms with E-state index in [0.717, 1.165) is 43.8 Å². The monoisotopic (exact) mass is 473 g/mol. The topological polar surface area (TPSA) is 44.8 Å². The van der Waals surface area contributed by atoms with Crippen LogP contribution in [0.4, 0.5) is 0 Å². The molecule has 3 unspecified atom stereocenters. The van der Waals surface area contributed by atoms with Gasteiger partial charge in [-0.1, -0.05) is 56.0 Å². The van der Waals surface area contributed by atoms with Crippen molar-refractivity contribution in [3.8, 4) is 5.75 Å². The van der Waals surface area contributed by atoms with Crippen molar-refractivity contribution in [2.45, 2.75) is 69.1 Å². The van der Waals surface area contributed by atoms with Gasteiger partial charge < -0.3 is 10.1 Å². The van der Waals surface area contributed by atoms with Crippen LogP contribution in [0.25, 0.3) is 0 Å². The molecule has 1 N–H and O–H groups in total. The Labute approximate surface area is 210 Å². The number of hydrogen-bond acceptors (Lipinski definition) is 4. The average molecular weight is 474 g/mol. The van der Waals surface area contributed by atoms with Gasteiger partial charge in [0.25, 0.3) is 5.91 Å². The van der Waals surface area contributed by atoms with Crippen molar-refractivity contribution in [2.75, 3.05) is 26.7 Å². The minimum atomic E-state index is 0.0577. The van der Waals surface area contributed by atoms with Gasteiger partial charge in [-0.25, -0.2) is 0 Å². The van der Waals surface area contributed by atoms with E-state index in [2.05, 4.69) is 52.0 Å². The number of amides is 1. The minimum absolute atomic E-state index is 0.0577. The Balaban J connectivity index is 1.37. The van der Waals surface area contributed by atoms with E-state index >= 15 is 0 Å². The summed E-state index contributed by atoms with van der Waals surface area (Å²) < 4.78 is 5.56. The quantitative estimate of drug-likeness (QED) is 0.424. The van der Waals surface area contributed by atoms with Gasteiger partial charge >= 0.3 is 0 Å². The molecule has 2 aromatic rings. The highest BCUT2D eigenvalue weighted by Gasteiger charge is 2.48. The number of carbonyl (C=O) groups is 1. The minimum Gasteiger partial charge on any atom is -0.497 e. The van der Waals surface area contributed by atoms with E-state index in [1.807, 2.05) is 24.3 Å². The van der Waals surface area contributed by atoms with Crippen LogP contribution in [0.15, 0.2) is 61.2 Å². The maximum absolute atomic E-state index is 13.0. The van der Waals surface area contributed by atoms with Crippen LogP contribution in [0, 0.1) is 0 Å². The van der Waals surface area contributed by atoms with Crippen LogP contribution in [-0.4, -0.2) is 60.6 Å². The Morgan fingerprint density at radius 1 is 1.06 bits per heavy atom. The number of methoxy groups -OCH3 is 1. The van der Waals surface area contributed by atoms with Gasteiger partial charge in [-0.3, -0.25) is 14.6 Å². The van der Waals surface area contributed by atoms with E-state index in [1.54, 1.807) is 7.11 Å². The number of fused-ring (bicyclic) bond motifs is 2. The first-order chi connectivity index (χ1) is 17.2. The Hall–Kier alpha value is -2.63. The largest absolute Gasteiger partial charge is 0.497 e. The summed E-state index contributed by atoms with van der Waals surface area (Å²) in [5.41, 5.74) is 3.23. The number of nitrogens with zero attached hydrogens (tertiary/aromatic N) is 2. The van der Waals surface area contributed by atoms with Crippen LogP contribution < -0.4 is 10.1 Å². The van der Waals surface area contributed by atoms with E-state index in [-0.39, 0.29) is 11.9 Å². The molecule has 186 valence electrons. The van der Waals surface area contributed by atoms with Gasteiger partial charge in [0.05, 0.1) is 13.2 Å². The van der Waals surface area contributed by atoms with Crippen molar-refractivity contribution in [3.05, 3.63) is 77.9 Å². The second-order valence-corrected chi connectivity index (χ2v) is 10.5. The maximum Gasteiger partial charge on any atom is 0.251 e. The van der Waals surface area contributed by atoms with Crippen molar-refractivity contribution < 1.29 is 9.53 Å². The third-order valence-electron chi connectivity index (χ3n) is 8.10. The van der Waals surface area contributed by atoms with Crippen LogP contribution in [0.2, 0.25) is 0 Å². The lowest BCUT2D eigenvalue weighted by molar-refractivity contribution is -0.0850. The Bertz CT molecular complexity index is 1000. The molecular weight excluding hydrogens is 434 g/mol. The molecule has 5 heteroatoms. The Morgan fingerprint density at radius 3 is 2.43 bits per heavy atom. The van der Waals surface area contributed by atoms with Crippen molar-refractivity contribution >= 4 is 5.91 Å². The number of rotatable bonds is 8. The lowest BCUT2D eigenvalue weighted by Gasteiger charge is -2.59. The highest BCUT2D eigenvalue weighted by molar-refractivity contribution is 5.94. The first-order valence-electron chi connectivity index (χ1n) is 13.3. The molecule has 3 aliphatic heterocycles. The number of piperidine rings is 1. The highest BCUT2D eigenvalue weighted by atomic mass is 16.5. The fourth-order valence-electron chi connectivity index (χ4n) is 6.34. The highest BCUT2D eigenvalue weighted by Crippen LogP contribution is 2.43. The van der Waals surface area contributed by atoms with Crippen LogP contribution >= 0.6 is 0 Å². The molecule has 2 bridgehead atoms. The Morgan fingerprint density at radius 2 is 1.77 bits per heavy atom. The molecule has 0 radical (unpaired) electrons. The van der Waals surface area contributed by atoms with E-state index in [4.69, 9.17) is 4.74 Å². The van der Waals surface area contributed by atoms with Gasteiger partial charge in [0.1, 0.15) is 5.75 Å². The third-order valence-corrected chi connectivity index (χ3v) is 8.10. The van der Waals surface area contributed by atoms with Crippen LogP contribution in [-0.2, 0) is 0 Å². The van der Waals surface area contributed by atoms with E-state index in [1.165, 1.54) is 43.2 Å². The second kappa shape index (κ2) is 11.0. The standard InChI is InChI=1S/C30H39N3O2/c1-3-17-32-20-26-19-27(21-32)33(26)29(24-9-8-12-28(18-24)35-2)22-13-15-23(16-14-22)30(34)31-25-10-6-4-5-7-11-25/h3,8-9,12-16,18,25-27,29H,1,4-7,10-11,17,19-21H2,2H3,(H,31,34). The summed E-state index contributed by atoms with van der Waals surface area (Å²) in [6, 6.07) is 18.3. The zero-order valence-electron chi connectivity index (χ0n) is 21.0. The molecule has 1 aliphatic carbocycles. The van der Waals surface area contributed by atoms with Crippen molar-refractivity contribution in [3.63, 3.8) is 0 Å². The molecule has 3 heterocycles. The maximum atomic E-state index is 13.0.